The second-order valence-corrected chi connectivity index (χ2v) is 5.34. The number of anilines is 2. The van der Waals surface area contributed by atoms with Crippen LogP contribution in [0, 0.1) is 0 Å². The molecule has 114 valence electrons. The van der Waals surface area contributed by atoms with Gasteiger partial charge in [0.2, 0.25) is 0 Å². The average Bonchev–Trinajstić information content (AvgIpc) is 2.75. The molecule has 2 unspecified atom stereocenters. The van der Waals surface area contributed by atoms with Crippen LogP contribution < -0.4 is 10.6 Å². The van der Waals surface area contributed by atoms with Gasteiger partial charge in [-0.05, 0) is 24.6 Å². The molecule has 1 aliphatic rings. The van der Waals surface area contributed by atoms with Crippen molar-refractivity contribution in [2.45, 2.75) is 25.4 Å². The van der Waals surface area contributed by atoms with Gasteiger partial charge in [0.05, 0.1) is 24.0 Å². The topological polar surface area (TPSA) is 50.4 Å². The number of rotatable bonds is 3. The molecule has 2 aromatic rings. The maximum Gasteiger partial charge on any atom is 0.328 e. The molecule has 0 amide bonds. The molecule has 1 heterocycles. The number of carbonyl (C=O) groups excluding carboxylic acids is 1. The summed E-state index contributed by atoms with van der Waals surface area (Å²) in [7, 11) is 0. The molecule has 4 heteroatoms. The van der Waals surface area contributed by atoms with Crippen molar-refractivity contribution in [1.82, 2.24) is 0 Å². The molecule has 4 nitrogen and oxygen atoms in total. The summed E-state index contributed by atoms with van der Waals surface area (Å²) < 4.78 is 5.21. The lowest BCUT2D eigenvalue weighted by molar-refractivity contribution is -0.144. The summed E-state index contributed by atoms with van der Waals surface area (Å²) in [5.41, 5.74) is 3.09. The van der Waals surface area contributed by atoms with Gasteiger partial charge in [0.15, 0.2) is 0 Å². The van der Waals surface area contributed by atoms with E-state index in [1.54, 1.807) is 0 Å². The van der Waals surface area contributed by atoms with E-state index in [4.69, 9.17) is 4.74 Å². The first kappa shape index (κ1) is 14.4. The number of fused-ring (bicyclic) bond motifs is 1. The zero-order valence-electron chi connectivity index (χ0n) is 12.6. The summed E-state index contributed by atoms with van der Waals surface area (Å²) in [6.45, 7) is 2.22. The molecule has 0 aliphatic carbocycles. The highest BCUT2D eigenvalue weighted by atomic mass is 16.5. The molecule has 2 N–H and O–H groups in total. The van der Waals surface area contributed by atoms with Crippen molar-refractivity contribution in [3.63, 3.8) is 0 Å². The van der Waals surface area contributed by atoms with Crippen LogP contribution in [0.25, 0.3) is 0 Å². The van der Waals surface area contributed by atoms with E-state index in [1.165, 1.54) is 0 Å². The highest BCUT2D eigenvalue weighted by Gasteiger charge is 2.29. The van der Waals surface area contributed by atoms with Crippen LogP contribution in [0.15, 0.2) is 54.6 Å². The molecule has 3 rings (SSSR count). The Morgan fingerprint density at radius 3 is 2.36 bits per heavy atom. The van der Waals surface area contributed by atoms with Crippen molar-refractivity contribution in [2.24, 2.45) is 0 Å². The number of hydrogen-bond acceptors (Lipinski definition) is 4. The lowest BCUT2D eigenvalue weighted by atomic mass is 10.00. The fourth-order valence-corrected chi connectivity index (χ4v) is 2.77. The number of carbonyl (C=O) groups is 1. The quantitative estimate of drug-likeness (QED) is 0.850. The molecule has 0 aromatic heterocycles. The summed E-state index contributed by atoms with van der Waals surface area (Å²) in [5.74, 6) is -0.207. The van der Waals surface area contributed by atoms with Crippen LogP contribution in [0.1, 0.15) is 24.9 Å². The molecule has 0 bridgehead atoms. The zero-order chi connectivity index (χ0) is 15.4. The highest BCUT2D eigenvalue weighted by Crippen LogP contribution is 2.33. The summed E-state index contributed by atoms with van der Waals surface area (Å²) in [4.78, 5) is 12.2. The van der Waals surface area contributed by atoms with Crippen molar-refractivity contribution in [1.29, 1.82) is 0 Å². The second kappa shape index (κ2) is 6.52. The minimum Gasteiger partial charge on any atom is -0.464 e. The number of ether oxygens (including phenoxy) is 1. The molecule has 2 atom stereocenters. The normalized spacial score (nSPS) is 20.0. The Morgan fingerprint density at radius 1 is 1.05 bits per heavy atom. The summed E-state index contributed by atoms with van der Waals surface area (Å²) in [5, 5.41) is 6.84. The standard InChI is InChI=1S/C18H20N2O2/c1-2-22-18(21)17-12-16(13-8-4-3-5-9-13)19-14-10-6-7-11-15(14)20-17/h3-11,16-17,19-20H,2,12H2,1H3. The van der Waals surface area contributed by atoms with E-state index >= 15 is 0 Å². The van der Waals surface area contributed by atoms with E-state index in [1.807, 2.05) is 49.4 Å². The van der Waals surface area contributed by atoms with Gasteiger partial charge in [-0.1, -0.05) is 42.5 Å². The third kappa shape index (κ3) is 3.06. The van der Waals surface area contributed by atoms with E-state index in [0.717, 1.165) is 16.9 Å². The molecule has 0 spiro atoms. The van der Waals surface area contributed by atoms with Gasteiger partial charge in [-0.25, -0.2) is 4.79 Å². The van der Waals surface area contributed by atoms with Crippen molar-refractivity contribution in [3.05, 3.63) is 60.2 Å². The van der Waals surface area contributed by atoms with Gasteiger partial charge in [0.1, 0.15) is 6.04 Å². The van der Waals surface area contributed by atoms with Gasteiger partial charge in [0.25, 0.3) is 0 Å². The van der Waals surface area contributed by atoms with Crippen LogP contribution in [0.3, 0.4) is 0 Å². The lowest BCUT2D eigenvalue weighted by Gasteiger charge is -2.20. The van der Waals surface area contributed by atoms with Crippen LogP contribution in [0.2, 0.25) is 0 Å². The third-order valence-corrected chi connectivity index (χ3v) is 3.83. The lowest BCUT2D eigenvalue weighted by Crippen LogP contribution is -2.32. The maximum absolute atomic E-state index is 12.2. The van der Waals surface area contributed by atoms with Gasteiger partial charge in [-0.2, -0.15) is 0 Å². The summed E-state index contributed by atoms with van der Waals surface area (Å²) >= 11 is 0. The van der Waals surface area contributed by atoms with Crippen molar-refractivity contribution in [2.75, 3.05) is 17.2 Å². The van der Waals surface area contributed by atoms with E-state index < -0.39 is 0 Å². The van der Waals surface area contributed by atoms with Crippen LogP contribution in [0.4, 0.5) is 11.4 Å². The van der Waals surface area contributed by atoms with Crippen LogP contribution in [-0.4, -0.2) is 18.6 Å². The van der Waals surface area contributed by atoms with Crippen LogP contribution in [-0.2, 0) is 9.53 Å². The monoisotopic (exact) mass is 296 g/mol. The molecule has 1 aliphatic heterocycles. The molecule has 22 heavy (non-hydrogen) atoms. The largest absolute Gasteiger partial charge is 0.464 e. The van der Waals surface area contributed by atoms with Crippen molar-refractivity contribution < 1.29 is 9.53 Å². The van der Waals surface area contributed by atoms with Gasteiger partial charge in [-0.15, -0.1) is 0 Å². The van der Waals surface area contributed by atoms with Gasteiger partial charge in [0, 0.05) is 6.42 Å². The minimum atomic E-state index is -0.360. The SMILES string of the molecule is CCOC(=O)C1CC(c2ccccc2)Nc2ccccc2N1. The average molecular weight is 296 g/mol. The number of benzene rings is 2. The van der Waals surface area contributed by atoms with E-state index in [9.17, 15) is 4.79 Å². The predicted octanol–water partition coefficient (Wildman–Crippen LogP) is 3.59. The fourth-order valence-electron chi connectivity index (χ4n) is 2.77. The Balaban J connectivity index is 1.93. The third-order valence-electron chi connectivity index (χ3n) is 3.83. The van der Waals surface area contributed by atoms with Crippen molar-refractivity contribution >= 4 is 17.3 Å². The smallest absolute Gasteiger partial charge is 0.328 e. The molecule has 0 saturated heterocycles. The molecule has 0 radical (unpaired) electrons. The number of esters is 1. The molecular weight excluding hydrogens is 276 g/mol. The Hall–Kier alpha value is -2.49. The van der Waals surface area contributed by atoms with Crippen LogP contribution in [0.5, 0.6) is 0 Å². The Bertz CT molecular complexity index is 643. The van der Waals surface area contributed by atoms with E-state index in [2.05, 4.69) is 22.8 Å². The highest BCUT2D eigenvalue weighted by molar-refractivity contribution is 5.83. The van der Waals surface area contributed by atoms with Gasteiger partial charge >= 0.3 is 5.97 Å². The number of nitrogens with one attached hydrogen (secondary N) is 2. The summed E-state index contributed by atoms with van der Waals surface area (Å²) in [6.07, 6.45) is 0.636. The molecular formula is C18H20N2O2. The van der Waals surface area contributed by atoms with Crippen LogP contribution >= 0.6 is 0 Å². The molecule has 0 saturated carbocycles. The van der Waals surface area contributed by atoms with Gasteiger partial charge < -0.3 is 15.4 Å². The van der Waals surface area contributed by atoms with E-state index in [0.29, 0.717) is 13.0 Å². The second-order valence-electron chi connectivity index (χ2n) is 5.34. The first-order valence-electron chi connectivity index (χ1n) is 7.61. The number of hydrogen-bond donors (Lipinski definition) is 2. The first-order chi connectivity index (χ1) is 10.8. The van der Waals surface area contributed by atoms with Gasteiger partial charge in [-0.3, -0.25) is 0 Å². The van der Waals surface area contributed by atoms with Crippen molar-refractivity contribution in [3.8, 4) is 0 Å². The zero-order valence-corrected chi connectivity index (χ0v) is 12.6. The number of para-hydroxylation sites is 2. The Kier molecular flexibility index (Phi) is 4.28. The Morgan fingerprint density at radius 2 is 1.68 bits per heavy atom. The molecule has 0 fully saturated rings. The Labute approximate surface area is 130 Å². The minimum absolute atomic E-state index is 0.0618. The summed E-state index contributed by atoms with van der Waals surface area (Å²) in [6, 6.07) is 17.8. The molecule has 2 aromatic carbocycles. The maximum atomic E-state index is 12.2. The van der Waals surface area contributed by atoms with E-state index in [-0.39, 0.29) is 18.1 Å². The first-order valence-corrected chi connectivity index (χ1v) is 7.61. The predicted molar refractivity (Wildman–Crippen MR) is 87.9 cm³/mol. The fraction of sp³-hybridized carbons (Fsp3) is 0.278.